The van der Waals surface area contributed by atoms with Crippen molar-refractivity contribution in [1.82, 2.24) is 15.4 Å². The molecular formula is C20H28FN5O. The number of hydrogen-bond acceptors (Lipinski definition) is 4. The fourth-order valence-electron chi connectivity index (χ4n) is 3.70. The van der Waals surface area contributed by atoms with Crippen molar-refractivity contribution in [2.75, 3.05) is 44.7 Å². The molecule has 7 heteroatoms. The molecule has 0 radical (unpaired) electrons. The van der Waals surface area contributed by atoms with E-state index in [1.54, 1.807) is 0 Å². The van der Waals surface area contributed by atoms with E-state index in [1.807, 2.05) is 33.0 Å². The minimum absolute atomic E-state index is 0.200. The fraction of sp³-hybridized carbons (Fsp3) is 0.500. The number of rotatable bonds is 4. The maximum absolute atomic E-state index is 13.1. The monoisotopic (exact) mass is 373 g/mol. The molecule has 2 heterocycles. The number of nitrogens with zero attached hydrogens (tertiary/aromatic N) is 4. The van der Waals surface area contributed by atoms with Crippen LogP contribution in [-0.4, -0.2) is 55.8 Å². The topological polar surface area (TPSA) is 56.9 Å². The van der Waals surface area contributed by atoms with Crippen LogP contribution < -0.4 is 10.2 Å². The lowest BCUT2D eigenvalue weighted by molar-refractivity contribution is 0.371. The summed E-state index contributed by atoms with van der Waals surface area (Å²) >= 11 is 0. The van der Waals surface area contributed by atoms with Gasteiger partial charge in [0, 0.05) is 56.9 Å². The highest BCUT2D eigenvalue weighted by Crippen LogP contribution is 2.22. The van der Waals surface area contributed by atoms with E-state index >= 15 is 0 Å². The van der Waals surface area contributed by atoms with Crippen LogP contribution in [0.1, 0.15) is 29.9 Å². The zero-order valence-electron chi connectivity index (χ0n) is 16.5. The van der Waals surface area contributed by atoms with Gasteiger partial charge in [0.05, 0.1) is 5.69 Å². The van der Waals surface area contributed by atoms with Crippen molar-refractivity contribution in [2.45, 2.75) is 26.7 Å². The van der Waals surface area contributed by atoms with Gasteiger partial charge in [-0.2, -0.15) is 0 Å². The first-order chi connectivity index (χ1) is 13.0. The molecule has 0 spiro atoms. The summed E-state index contributed by atoms with van der Waals surface area (Å²) in [7, 11) is 1.81. The van der Waals surface area contributed by atoms with Crippen molar-refractivity contribution in [2.24, 2.45) is 4.99 Å². The average molecular weight is 373 g/mol. The summed E-state index contributed by atoms with van der Waals surface area (Å²) in [5, 5.41) is 7.53. The number of aromatic nitrogens is 1. The van der Waals surface area contributed by atoms with Crippen molar-refractivity contribution in [3.05, 3.63) is 47.1 Å². The quantitative estimate of drug-likeness (QED) is 0.660. The van der Waals surface area contributed by atoms with Crippen LogP contribution in [0.4, 0.5) is 10.1 Å². The maximum atomic E-state index is 13.1. The third-order valence-corrected chi connectivity index (χ3v) is 5.13. The first-order valence-electron chi connectivity index (χ1n) is 9.38. The number of aliphatic imine (C=N–C) groups is 1. The molecule has 1 aromatic heterocycles. The number of nitrogens with one attached hydrogen (secondary N) is 1. The number of aryl methyl sites for hydroxylation is 2. The predicted octanol–water partition coefficient (Wildman–Crippen LogP) is 2.93. The molecule has 1 fully saturated rings. The van der Waals surface area contributed by atoms with Crippen molar-refractivity contribution >= 4 is 11.6 Å². The molecule has 0 saturated carbocycles. The Kier molecular flexibility index (Phi) is 5.98. The van der Waals surface area contributed by atoms with E-state index in [1.165, 1.54) is 17.7 Å². The number of guanidine groups is 1. The van der Waals surface area contributed by atoms with E-state index in [9.17, 15) is 4.39 Å². The van der Waals surface area contributed by atoms with Gasteiger partial charge in [0.2, 0.25) is 0 Å². The van der Waals surface area contributed by atoms with Crippen LogP contribution in [0.15, 0.2) is 33.8 Å². The van der Waals surface area contributed by atoms with E-state index in [2.05, 4.69) is 32.2 Å². The van der Waals surface area contributed by atoms with Gasteiger partial charge in [-0.1, -0.05) is 12.1 Å². The summed E-state index contributed by atoms with van der Waals surface area (Å²) in [5.41, 5.74) is 3.18. The average Bonchev–Trinajstić information content (AvgIpc) is 3.01. The highest BCUT2D eigenvalue weighted by Gasteiger charge is 2.21. The van der Waals surface area contributed by atoms with E-state index < -0.39 is 0 Å². The first kappa shape index (κ1) is 19.2. The summed E-state index contributed by atoms with van der Waals surface area (Å²) in [4.78, 5) is 8.98. The van der Waals surface area contributed by atoms with E-state index in [4.69, 9.17) is 4.52 Å². The van der Waals surface area contributed by atoms with Gasteiger partial charge >= 0.3 is 0 Å². The highest BCUT2D eigenvalue weighted by molar-refractivity contribution is 5.80. The maximum Gasteiger partial charge on any atom is 0.193 e. The van der Waals surface area contributed by atoms with Gasteiger partial charge < -0.3 is 19.6 Å². The van der Waals surface area contributed by atoms with E-state index in [0.717, 1.165) is 55.8 Å². The van der Waals surface area contributed by atoms with Gasteiger partial charge in [-0.3, -0.25) is 4.99 Å². The van der Waals surface area contributed by atoms with Crippen LogP contribution in [0.2, 0.25) is 0 Å². The van der Waals surface area contributed by atoms with Gasteiger partial charge in [-0.05, 0) is 38.1 Å². The van der Waals surface area contributed by atoms with Gasteiger partial charge in [0.15, 0.2) is 5.96 Å². The second-order valence-corrected chi connectivity index (χ2v) is 7.02. The normalized spacial score (nSPS) is 16.6. The molecular weight excluding hydrogens is 345 g/mol. The van der Waals surface area contributed by atoms with Crippen LogP contribution in [0.3, 0.4) is 0 Å². The summed E-state index contributed by atoms with van der Waals surface area (Å²) in [6.07, 6.45) is 0. The van der Waals surface area contributed by atoms with Crippen LogP contribution in [0.25, 0.3) is 0 Å². The summed E-state index contributed by atoms with van der Waals surface area (Å²) < 4.78 is 18.4. The Morgan fingerprint density at radius 1 is 1.22 bits per heavy atom. The zero-order chi connectivity index (χ0) is 19.4. The van der Waals surface area contributed by atoms with Crippen LogP contribution in [0.5, 0.6) is 0 Å². The molecule has 2 aromatic rings. The molecule has 1 saturated heterocycles. The molecule has 1 N–H and O–H groups in total. The third-order valence-electron chi connectivity index (χ3n) is 5.13. The SMILES string of the molecule is CN=C(NCC(C)c1c(C)noc1C)N1CCN(c2ccc(F)cc2)CC1. The second kappa shape index (κ2) is 8.41. The molecule has 1 aromatic carbocycles. The van der Waals surface area contributed by atoms with Gasteiger partial charge in [0.1, 0.15) is 11.6 Å². The highest BCUT2D eigenvalue weighted by atomic mass is 19.1. The molecule has 146 valence electrons. The van der Waals surface area contributed by atoms with E-state index in [-0.39, 0.29) is 11.7 Å². The van der Waals surface area contributed by atoms with Crippen molar-refractivity contribution in [3.63, 3.8) is 0 Å². The molecule has 27 heavy (non-hydrogen) atoms. The van der Waals surface area contributed by atoms with Crippen molar-refractivity contribution < 1.29 is 8.91 Å². The molecule has 1 unspecified atom stereocenters. The van der Waals surface area contributed by atoms with Crippen molar-refractivity contribution in [3.8, 4) is 0 Å². The van der Waals surface area contributed by atoms with Crippen LogP contribution >= 0.6 is 0 Å². The number of halogens is 1. The predicted molar refractivity (Wildman–Crippen MR) is 106 cm³/mol. The molecule has 0 amide bonds. The van der Waals surface area contributed by atoms with Gasteiger partial charge in [-0.15, -0.1) is 0 Å². The molecule has 1 aliphatic heterocycles. The third kappa shape index (κ3) is 4.40. The number of anilines is 1. The largest absolute Gasteiger partial charge is 0.368 e. The lowest BCUT2D eigenvalue weighted by Gasteiger charge is -2.38. The Labute approximate surface area is 160 Å². The lowest BCUT2D eigenvalue weighted by atomic mass is 10.00. The summed E-state index contributed by atoms with van der Waals surface area (Å²) in [6.45, 7) is 10.4. The lowest BCUT2D eigenvalue weighted by Crippen LogP contribution is -2.53. The molecule has 1 atom stereocenters. The summed E-state index contributed by atoms with van der Waals surface area (Å²) in [5.74, 6) is 1.87. The Morgan fingerprint density at radius 2 is 1.89 bits per heavy atom. The van der Waals surface area contributed by atoms with Crippen molar-refractivity contribution in [1.29, 1.82) is 0 Å². The Morgan fingerprint density at radius 3 is 2.44 bits per heavy atom. The minimum atomic E-state index is -0.200. The standard InChI is InChI=1S/C20H28FN5O/c1-14(19-15(2)24-27-16(19)3)13-23-20(22-4)26-11-9-25(10-12-26)18-7-5-17(21)6-8-18/h5-8,14H,9-13H2,1-4H3,(H,22,23). The molecule has 0 bridgehead atoms. The first-order valence-corrected chi connectivity index (χ1v) is 9.38. The van der Waals surface area contributed by atoms with Gasteiger partial charge in [-0.25, -0.2) is 4.39 Å². The Bertz CT molecular complexity index is 759. The van der Waals surface area contributed by atoms with E-state index in [0.29, 0.717) is 0 Å². The second-order valence-electron chi connectivity index (χ2n) is 7.02. The number of piperazine rings is 1. The molecule has 1 aliphatic rings. The number of hydrogen-bond donors (Lipinski definition) is 1. The Balaban J connectivity index is 1.54. The van der Waals surface area contributed by atoms with Crippen LogP contribution in [0, 0.1) is 19.7 Å². The molecule has 6 nitrogen and oxygen atoms in total. The fourth-order valence-corrected chi connectivity index (χ4v) is 3.70. The molecule has 0 aliphatic carbocycles. The Hall–Kier alpha value is -2.57. The minimum Gasteiger partial charge on any atom is -0.368 e. The smallest absolute Gasteiger partial charge is 0.193 e. The molecule has 3 rings (SSSR count). The van der Waals surface area contributed by atoms with Crippen LogP contribution in [-0.2, 0) is 0 Å². The summed E-state index contributed by atoms with van der Waals surface area (Å²) in [6, 6.07) is 6.70. The zero-order valence-corrected chi connectivity index (χ0v) is 16.5. The number of benzene rings is 1. The van der Waals surface area contributed by atoms with Gasteiger partial charge in [0.25, 0.3) is 0 Å².